The van der Waals surface area contributed by atoms with Gasteiger partial charge in [0.05, 0.1) is 0 Å². The normalized spacial score (nSPS) is 17.7. The average molecular weight is 355 g/mol. The highest BCUT2D eigenvalue weighted by Crippen LogP contribution is 2.26. The number of imidazole rings is 1. The van der Waals surface area contributed by atoms with Gasteiger partial charge in [-0.05, 0) is 45.1 Å². The first kappa shape index (κ1) is 18.5. The molecule has 6 nitrogen and oxygen atoms in total. The first-order chi connectivity index (χ1) is 12.5. The van der Waals surface area contributed by atoms with E-state index in [1.807, 2.05) is 30.3 Å². The van der Waals surface area contributed by atoms with Crippen LogP contribution in [0.15, 0.2) is 18.5 Å². The highest BCUT2D eigenvalue weighted by atomic mass is 16.2. The van der Waals surface area contributed by atoms with Crippen LogP contribution in [-0.2, 0) is 13.0 Å². The number of aromatic nitrogens is 4. The summed E-state index contributed by atoms with van der Waals surface area (Å²) in [5, 5.41) is 0. The van der Waals surface area contributed by atoms with Gasteiger partial charge in [-0.3, -0.25) is 4.79 Å². The number of aryl methyl sites for hydroxylation is 2. The highest BCUT2D eigenvalue weighted by Gasteiger charge is 2.28. The Hall–Kier alpha value is -2.24. The SMILES string of the molecule is CCn1ccnc1[C@H]1CCCN(C(=O)c2cc(CC(C)C)nc(C)n2)C1. The predicted molar refractivity (Wildman–Crippen MR) is 101 cm³/mol. The second-order valence-electron chi connectivity index (χ2n) is 7.55. The molecule has 0 radical (unpaired) electrons. The zero-order valence-electron chi connectivity index (χ0n) is 16.3. The van der Waals surface area contributed by atoms with Gasteiger partial charge in [-0.15, -0.1) is 0 Å². The third-order valence-corrected chi connectivity index (χ3v) is 4.89. The van der Waals surface area contributed by atoms with Crippen LogP contribution in [0.5, 0.6) is 0 Å². The molecule has 0 unspecified atom stereocenters. The highest BCUT2D eigenvalue weighted by molar-refractivity contribution is 5.92. The minimum atomic E-state index is 0.0137. The molecule has 140 valence electrons. The van der Waals surface area contributed by atoms with Crippen molar-refractivity contribution < 1.29 is 4.79 Å². The average Bonchev–Trinajstić information content (AvgIpc) is 3.09. The molecule has 26 heavy (non-hydrogen) atoms. The van der Waals surface area contributed by atoms with Crippen molar-refractivity contribution in [3.05, 3.63) is 41.5 Å². The van der Waals surface area contributed by atoms with Gasteiger partial charge in [0.1, 0.15) is 17.3 Å². The zero-order valence-corrected chi connectivity index (χ0v) is 16.3. The standard InChI is InChI=1S/C20H29N5O/c1-5-24-10-8-21-19(24)16-7-6-9-25(13-16)20(26)18-12-17(11-14(2)3)22-15(4)23-18/h8,10,12,14,16H,5-7,9,11,13H2,1-4H3/t16-/m0/s1. The van der Waals surface area contributed by atoms with Crippen LogP contribution in [0.2, 0.25) is 0 Å². The molecule has 0 bridgehead atoms. The lowest BCUT2D eigenvalue weighted by molar-refractivity contribution is 0.0696. The molecule has 1 saturated heterocycles. The van der Waals surface area contributed by atoms with Crippen LogP contribution < -0.4 is 0 Å². The van der Waals surface area contributed by atoms with E-state index in [9.17, 15) is 4.79 Å². The van der Waals surface area contributed by atoms with Gasteiger partial charge in [0, 0.05) is 43.6 Å². The maximum Gasteiger partial charge on any atom is 0.272 e. The van der Waals surface area contributed by atoms with Gasteiger partial charge < -0.3 is 9.47 Å². The van der Waals surface area contributed by atoms with E-state index in [0.717, 1.165) is 43.9 Å². The van der Waals surface area contributed by atoms with Crippen molar-refractivity contribution >= 4 is 5.91 Å². The molecule has 0 aromatic carbocycles. The van der Waals surface area contributed by atoms with Crippen LogP contribution in [0.4, 0.5) is 0 Å². The number of hydrogen-bond donors (Lipinski definition) is 0. The fourth-order valence-electron chi connectivity index (χ4n) is 3.74. The second-order valence-corrected chi connectivity index (χ2v) is 7.55. The Balaban J connectivity index is 1.78. The second kappa shape index (κ2) is 7.98. The maximum atomic E-state index is 13.1. The summed E-state index contributed by atoms with van der Waals surface area (Å²) in [6.07, 6.45) is 6.80. The van der Waals surface area contributed by atoms with Gasteiger partial charge in [0.25, 0.3) is 5.91 Å². The minimum absolute atomic E-state index is 0.0137. The third-order valence-electron chi connectivity index (χ3n) is 4.89. The molecule has 0 saturated carbocycles. The molecule has 1 fully saturated rings. The van der Waals surface area contributed by atoms with E-state index < -0.39 is 0 Å². The summed E-state index contributed by atoms with van der Waals surface area (Å²) >= 11 is 0. The molecule has 0 aliphatic carbocycles. The molecule has 2 aromatic heterocycles. The first-order valence-electron chi connectivity index (χ1n) is 9.62. The fourth-order valence-corrected chi connectivity index (χ4v) is 3.74. The Labute approximate surface area is 155 Å². The fraction of sp³-hybridized carbons (Fsp3) is 0.600. The Morgan fingerprint density at radius 1 is 1.35 bits per heavy atom. The molecular formula is C20H29N5O. The summed E-state index contributed by atoms with van der Waals surface area (Å²) in [5.74, 6) is 2.56. The molecule has 0 spiro atoms. The van der Waals surface area contributed by atoms with E-state index >= 15 is 0 Å². The van der Waals surface area contributed by atoms with Gasteiger partial charge in [0.15, 0.2) is 0 Å². The molecule has 2 aromatic rings. The zero-order chi connectivity index (χ0) is 18.7. The number of rotatable bonds is 5. The summed E-state index contributed by atoms with van der Waals surface area (Å²) in [4.78, 5) is 28.4. The van der Waals surface area contributed by atoms with Gasteiger partial charge in [-0.1, -0.05) is 13.8 Å². The topological polar surface area (TPSA) is 63.9 Å². The lowest BCUT2D eigenvalue weighted by Crippen LogP contribution is -2.40. The summed E-state index contributed by atoms with van der Waals surface area (Å²) in [7, 11) is 0. The Morgan fingerprint density at radius 3 is 2.88 bits per heavy atom. The van der Waals surface area contributed by atoms with Crippen LogP contribution >= 0.6 is 0 Å². The van der Waals surface area contributed by atoms with Crippen molar-refractivity contribution in [1.82, 2.24) is 24.4 Å². The van der Waals surface area contributed by atoms with E-state index in [0.29, 0.717) is 29.9 Å². The predicted octanol–water partition coefficient (Wildman–Crippen LogP) is 3.22. The molecule has 3 rings (SSSR count). The number of carbonyl (C=O) groups excluding carboxylic acids is 1. The molecule has 6 heteroatoms. The molecule has 1 aliphatic rings. The Bertz CT molecular complexity index is 767. The maximum absolute atomic E-state index is 13.1. The molecule has 1 aliphatic heterocycles. The van der Waals surface area contributed by atoms with Crippen molar-refractivity contribution in [1.29, 1.82) is 0 Å². The molecular weight excluding hydrogens is 326 g/mol. The smallest absolute Gasteiger partial charge is 0.272 e. The monoisotopic (exact) mass is 355 g/mol. The Kier molecular flexibility index (Phi) is 5.69. The van der Waals surface area contributed by atoms with Crippen molar-refractivity contribution in [3.8, 4) is 0 Å². The van der Waals surface area contributed by atoms with Crippen LogP contribution in [0.1, 0.15) is 67.4 Å². The number of amides is 1. The quantitative estimate of drug-likeness (QED) is 0.826. The minimum Gasteiger partial charge on any atom is -0.337 e. The van der Waals surface area contributed by atoms with Crippen LogP contribution in [0, 0.1) is 12.8 Å². The van der Waals surface area contributed by atoms with E-state index in [1.165, 1.54) is 0 Å². The molecule has 3 heterocycles. The van der Waals surface area contributed by atoms with E-state index in [2.05, 4.69) is 40.3 Å². The van der Waals surface area contributed by atoms with Gasteiger partial charge in [0.2, 0.25) is 0 Å². The van der Waals surface area contributed by atoms with Crippen molar-refractivity contribution in [2.24, 2.45) is 5.92 Å². The summed E-state index contributed by atoms with van der Waals surface area (Å²) in [6.45, 7) is 10.7. The lowest BCUT2D eigenvalue weighted by atomic mass is 9.96. The first-order valence-corrected chi connectivity index (χ1v) is 9.62. The number of nitrogens with zero attached hydrogens (tertiary/aromatic N) is 5. The molecule has 1 atom stereocenters. The van der Waals surface area contributed by atoms with Gasteiger partial charge in [-0.2, -0.15) is 0 Å². The lowest BCUT2D eigenvalue weighted by Gasteiger charge is -2.32. The molecule has 0 N–H and O–H groups in total. The summed E-state index contributed by atoms with van der Waals surface area (Å²) < 4.78 is 2.17. The van der Waals surface area contributed by atoms with Gasteiger partial charge in [-0.25, -0.2) is 15.0 Å². The largest absolute Gasteiger partial charge is 0.337 e. The Morgan fingerprint density at radius 2 is 2.15 bits per heavy atom. The van der Waals surface area contributed by atoms with Crippen LogP contribution in [-0.4, -0.2) is 43.4 Å². The number of likely N-dealkylation sites (tertiary alicyclic amines) is 1. The van der Waals surface area contributed by atoms with Crippen LogP contribution in [0.3, 0.4) is 0 Å². The van der Waals surface area contributed by atoms with Crippen LogP contribution in [0.25, 0.3) is 0 Å². The van der Waals surface area contributed by atoms with Gasteiger partial charge >= 0.3 is 0 Å². The number of carbonyl (C=O) groups is 1. The van der Waals surface area contributed by atoms with Crippen molar-refractivity contribution in [2.45, 2.75) is 59.4 Å². The molecule has 1 amide bonds. The van der Waals surface area contributed by atoms with E-state index in [-0.39, 0.29) is 5.91 Å². The number of hydrogen-bond acceptors (Lipinski definition) is 4. The van der Waals surface area contributed by atoms with Crippen molar-refractivity contribution in [2.75, 3.05) is 13.1 Å². The number of piperidine rings is 1. The third kappa shape index (κ3) is 4.11. The summed E-state index contributed by atoms with van der Waals surface area (Å²) in [6, 6.07) is 1.87. The van der Waals surface area contributed by atoms with E-state index in [1.54, 1.807) is 0 Å². The van der Waals surface area contributed by atoms with Crippen molar-refractivity contribution in [3.63, 3.8) is 0 Å². The summed E-state index contributed by atoms with van der Waals surface area (Å²) in [5.41, 5.74) is 1.47. The van der Waals surface area contributed by atoms with E-state index in [4.69, 9.17) is 0 Å².